The van der Waals surface area contributed by atoms with Gasteiger partial charge in [0.2, 0.25) is 4.77 Å². The number of aromatic nitrogens is 3. The second-order valence-electron chi connectivity index (χ2n) is 6.64. The number of nitrogens with zero attached hydrogens (tertiary/aromatic N) is 6. The maximum absolute atomic E-state index is 14.2. The summed E-state index contributed by atoms with van der Waals surface area (Å²) in [6.07, 6.45) is 1.74. The van der Waals surface area contributed by atoms with Crippen LogP contribution in [-0.2, 0) is 6.67 Å². The molecular weight excluding hydrogens is 375 g/mol. The van der Waals surface area contributed by atoms with Crippen LogP contribution >= 0.6 is 12.2 Å². The second-order valence-corrected chi connectivity index (χ2v) is 7.01. The van der Waals surface area contributed by atoms with E-state index in [1.54, 1.807) is 23.1 Å². The summed E-state index contributed by atoms with van der Waals surface area (Å²) in [6, 6.07) is 16.5. The summed E-state index contributed by atoms with van der Waals surface area (Å²) in [4.78, 5) is 4.25. The highest BCUT2D eigenvalue weighted by molar-refractivity contribution is 7.71. The number of nitriles is 1. The number of piperazine rings is 1. The fraction of sp³-hybridized carbons (Fsp3) is 0.250. The minimum atomic E-state index is -0.351. The van der Waals surface area contributed by atoms with Crippen molar-refractivity contribution in [2.24, 2.45) is 0 Å². The molecule has 0 spiro atoms. The Morgan fingerprint density at radius 1 is 1.07 bits per heavy atom. The standard InChI is InChI=1S/C20H19FN6S/c21-18-12-16(13-22)6-7-19(18)25-10-8-24(9-11-25)15-27-20(28)26(14-23-27)17-4-2-1-3-5-17/h1-7,12,14H,8-11,15H2. The highest BCUT2D eigenvalue weighted by atomic mass is 32.1. The Labute approximate surface area is 167 Å². The van der Waals surface area contributed by atoms with E-state index in [1.807, 2.05) is 45.9 Å². The number of hydrogen-bond acceptors (Lipinski definition) is 5. The first-order valence-corrected chi connectivity index (χ1v) is 9.43. The molecule has 0 saturated carbocycles. The topological polar surface area (TPSA) is 53.0 Å². The van der Waals surface area contributed by atoms with Gasteiger partial charge in [0.1, 0.15) is 12.1 Å². The van der Waals surface area contributed by atoms with E-state index in [0.29, 0.717) is 35.8 Å². The lowest BCUT2D eigenvalue weighted by Crippen LogP contribution is -2.47. The molecule has 0 amide bonds. The third-order valence-corrected chi connectivity index (χ3v) is 5.30. The molecule has 0 unspecified atom stereocenters. The van der Waals surface area contributed by atoms with Crippen molar-refractivity contribution < 1.29 is 4.39 Å². The summed E-state index contributed by atoms with van der Waals surface area (Å²) in [5.74, 6) is -0.351. The molecule has 2 heterocycles. The molecule has 8 heteroatoms. The Morgan fingerprint density at radius 2 is 1.82 bits per heavy atom. The summed E-state index contributed by atoms with van der Waals surface area (Å²) >= 11 is 5.57. The van der Waals surface area contributed by atoms with Crippen molar-refractivity contribution in [3.63, 3.8) is 0 Å². The van der Waals surface area contributed by atoms with E-state index in [0.717, 1.165) is 18.8 Å². The van der Waals surface area contributed by atoms with Crippen LogP contribution in [0, 0.1) is 21.9 Å². The van der Waals surface area contributed by atoms with Gasteiger partial charge in [-0.15, -0.1) is 0 Å². The first-order valence-electron chi connectivity index (χ1n) is 9.02. The van der Waals surface area contributed by atoms with E-state index >= 15 is 0 Å². The Morgan fingerprint density at radius 3 is 2.50 bits per heavy atom. The first-order chi connectivity index (χ1) is 13.7. The summed E-state index contributed by atoms with van der Waals surface area (Å²) in [5, 5.41) is 13.3. The number of para-hydroxylation sites is 1. The van der Waals surface area contributed by atoms with Crippen molar-refractivity contribution in [1.29, 1.82) is 5.26 Å². The smallest absolute Gasteiger partial charge is 0.203 e. The molecule has 1 aromatic heterocycles. The van der Waals surface area contributed by atoms with Crippen molar-refractivity contribution in [1.82, 2.24) is 19.2 Å². The summed E-state index contributed by atoms with van der Waals surface area (Å²) < 4.78 is 18.6. The van der Waals surface area contributed by atoms with Gasteiger partial charge in [0.25, 0.3) is 0 Å². The normalized spacial score (nSPS) is 14.8. The molecule has 3 aromatic rings. The zero-order valence-corrected chi connectivity index (χ0v) is 16.0. The van der Waals surface area contributed by atoms with Crippen molar-refractivity contribution in [3.05, 3.63) is 71.0 Å². The highest BCUT2D eigenvalue weighted by Crippen LogP contribution is 2.22. The van der Waals surface area contributed by atoms with Gasteiger partial charge in [-0.2, -0.15) is 10.4 Å². The van der Waals surface area contributed by atoms with Crippen LogP contribution in [0.25, 0.3) is 5.69 Å². The minimum Gasteiger partial charge on any atom is -0.367 e. The Hall–Kier alpha value is -3.02. The maximum atomic E-state index is 14.2. The van der Waals surface area contributed by atoms with Crippen LogP contribution in [0.4, 0.5) is 10.1 Å². The van der Waals surface area contributed by atoms with E-state index in [4.69, 9.17) is 17.5 Å². The molecule has 0 bridgehead atoms. The molecule has 1 aliphatic rings. The molecule has 28 heavy (non-hydrogen) atoms. The van der Waals surface area contributed by atoms with E-state index in [-0.39, 0.29) is 5.82 Å². The zero-order valence-electron chi connectivity index (χ0n) is 15.2. The lowest BCUT2D eigenvalue weighted by Gasteiger charge is -2.36. The van der Waals surface area contributed by atoms with Crippen molar-refractivity contribution in [3.8, 4) is 11.8 Å². The van der Waals surface area contributed by atoms with E-state index < -0.39 is 0 Å². The number of hydrogen-bond donors (Lipinski definition) is 0. The van der Waals surface area contributed by atoms with Crippen molar-refractivity contribution in [2.75, 3.05) is 31.1 Å². The fourth-order valence-corrected chi connectivity index (χ4v) is 3.61. The van der Waals surface area contributed by atoms with Gasteiger partial charge in [-0.25, -0.2) is 9.07 Å². The number of rotatable bonds is 4. The molecule has 2 aromatic carbocycles. The summed E-state index contributed by atoms with van der Waals surface area (Å²) in [5.41, 5.74) is 1.87. The molecule has 0 aliphatic carbocycles. The molecule has 1 saturated heterocycles. The maximum Gasteiger partial charge on any atom is 0.203 e. The van der Waals surface area contributed by atoms with Gasteiger partial charge in [0.05, 0.1) is 24.0 Å². The van der Waals surface area contributed by atoms with Crippen LogP contribution in [-0.4, -0.2) is 45.4 Å². The van der Waals surface area contributed by atoms with Crippen LogP contribution in [0.3, 0.4) is 0 Å². The average Bonchev–Trinajstić information content (AvgIpc) is 3.09. The average molecular weight is 394 g/mol. The molecule has 4 rings (SSSR count). The van der Waals surface area contributed by atoms with Crippen molar-refractivity contribution in [2.45, 2.75) is 6.67 Å². The molecular formula is C20H19FN6S. The van der Waals surface area contributed by atoms with Gasteiger partial charge in [0, 0.05) is 31.9 Å². The molecule has 0 radical (unpaired) electrons. The Balaban J connectivity index is 1.41. The van der Waals surface area contributed by atoms with Gasteiger partial charge < -0.3 is 4.90 Å². The van der Waals surface area contributed by atoms with Crippen molar-refractivity contribution >= 4 is 17.9 Å². The van der Waals surface area contributed by atoms with Gasteiger partial charge in [0.15, 0.2) is 0 Å². The molecule has 0 N–H and O–H groups in total. The lowest BCUT2D eigenvalue weighted by atomic mass is 10.2. The quantitative estimate of drug-likeness (QED) is 0.636. The SMILES string of the molecule is N#Cc1ccc(N2CCN(Cn3ncn(-c4ccccc4)c3=S)CC2)c(F)c1. The lowest BCUT2D eigenvalue weighted by molar-refractivity contribution is 0.194. The van der Waals surface area contributed by atoms with Crippen LogP contribution in [0.1, 0.15) is 5.56 Å². The predicted molar refractivity (Wildman–Crippen MR) is 107 cm³/mol. The van der Waals surface area contributed by atoms with Crippen LogP contribution in [0.15, 0.2) is 54.9 Å². The van der Waals surface area contributed by atoms with Crippen LogP contribution in [0.5, 0.6) is 0 Å². The monoisotopic (exact) mass is 394 g/mol. The predicted octanol–water partition coefficient (Wildman–Crippen LogP) is 3.19. The number of benzene rings is 2. The molecule has 0 atom stereocenters. The van der Waals surface area contributed by atoms with E-state index in [1.165, 1.54) is 6.07 Å². The third-order valence-electron chi connectivity index (χ3n) is 4.89. The summed E-state index contributed by atoms with van der Waals surface area (Å²) in [6.45, 7) is 3.56. The molecule has 142 valence electrons. The molecule has 6 nitrogen and oxygen atoms in total. The third kappa shape index (κ3) is 3.67. The fourth-order valence-electron chi connectivity index (χ4n) is 3.35. The molecule has 1 fully saturated rings. The number of halogens is 1. The van der Waals surface area contributed by atoms with E-state index in [2.05, 4.69) is 10.00 Å². The Bertz CT molecular complexity index is 1060. The van der Waals surface area contributed by atoms with E-state index in [9.17, 15) is 4.39 Å². The van der Waals surface area contributed by atoms with Gasteiger partial charge in [-0.05, 0) is 42.5 Å². The second kappa shape index (κ2) is 7.92. The largest absolute Gasteiger partial charge is 0.367 e. The van der Waals surface area contributed by atoms with Gasteiger partial charge in [-0.3, -0.25) is 9.47 Å². The van der Waals surface area contributed by atoms with Gasteiger partial charge in [-0.1, -0.05) is 18.2 Å². The molecule has 1 aliphatic heterocycles. The minimum absolute atomic E-state index is 0.336. The zero-order chi connectivity index (χ0) is 19.5. The summed E-state index contributed by atoms with van der Waals surface area (Å²) in [7, 11) is 0. The van der Waals surface area contributed by atoms with Crippen LogP contribution in [0.2, 0.25) is 0 Å². The first kappa shape index (κ1) is 18.3. The van der Waals surface area contributed by atoms with Crippen LogP contribution < -0.4 is 4.90 Å². The number of anilines is 1. The Kier molecular flexibility index (Phi) is 5.19. The van der Waals surface area contributed by atoms with Gasteiger partial charge >= 0.3 is 0 Å². The highest BCUT2D eigenvalue weighted by Gasteiger charge is 2.20.